The van der Waals surface area contributed by atoms with E-state index in [1.807, 2.05) is 32.0 Å². The molecule has 3 rings (SSSR count). The fraction of sp³-hybridized carbons (Fsp3) is 0.222. The van der Waals surface area contributed by atoms with Gasteiger partial charge in [-0.1, -0.05) is 17.7 Å². The van der Waals surface area contributed by atoms with Crippen LogP contribution in [0.25, 0.3) is 0 Å². The van der Waals surface area contributed by atoms with Gasteiger partial charge in [-0.25, -0.2) is 5.43 Å². The molecule has 1 aliphatic rings. The predicted octanol–water partition coefficient (Wildman–Crippen LogP) is 3.21. The van der Waals surface area contributed by atoms with Crippen LogP contribution in [0.2, 0.25) is 5.02 Å². The van der Waals surface area contributed by atoms with Crippen molar-refractivity contribution in [1.82, 2.24) is 5.43 Å². The van der Waals surface area contributed by atoms with Crippen molar-refractivity contribution in [1.29, 1.82) is 0 Å². The molecule has 0 saturated heterocycles. The molecule has 6 nitrogen and oxygen atoms in total. The summed E-state index contributed by atoms with van der Waals surface area (Å²) in [6, 6.07) is 9.19. The molecule has 1 N–H and O–H groups in total. The Bertz CT molecular complexity index is 816. The Kier molecular flexibility index (Phi) is 5.09. The molecule has 2 aromatic rings. The number of benzene rings is 2. The van der Waals surface area contributed by atoms with Crippen LogP contribution in [0.4, 0.5) is 0 Å². The number of ether oxygens (including phenoxy) is 3. The van der Waals surface area contributed by atoms with Crippen molar-refractivity contribution in [3.63, 3.8) is 0 Å². The molecule has 1 amide bonds. The maximum Gasteiger partial charge on any atom is 0.277 e. The van der Waals surface area contributed by atoms with Crippen LogP contribution in [0.3, 0.4) is 0 Å². The number of hydrogen-bond donors (Lipinski definition) is 1. The summed E-state index contributed by atoms with van der Waals surface area (Å²) in [6.45, 7) is 3.96. The number of fused-ring (bicyclic) bond motifs is 1. The first-order chi connectivity index (χ1) is 12.0. The quantitative estimate of drug-likeness (QED) is 0.656. The number of nitrogens with zero attached hydrogens (tertiary/aromatic N) is 1. The second-order valence-electron chi connectivity index (χ2n) is 5.64. The lowest BCUT2D eigenvalue weighted by Crippen LogP contribution is -2.24. The number of hydrogen-bond acceptors (Lipinski definition) is 5. The number of aryl methyl sites for hydroxylation is 2. The molecule has 0 fully saturated rings. The molecule has 0 spiro atoms. The molecule has 0 saturated carbocycles. The lowest BCUT2D eigenvalue weighted by Gasteiger charge is -2.07. The molecule has 0 bridgehead atoms. The minimum absolute atomic E-state index is 0.123. The SMILES string of the molecule is Cc1cc(C)cc(OCC(=O)N/N=C\c2cc(Cl)c3c(c2)OCO3)c1. The van der Waals surface area contributed by atoms with Gasteiger partial charge in [-0.05, 0) is 54.8 Å². The summed E-state index contributed by atoms with van der Waals surface area (Å²) in [5.74, 6) is 1.37. The summed E-state index contributed by atoms with van der Waals surface area (Å²) in [6.07, 6.45) is 1.47. The van der Waals surface area contributed by atoms with Crippen molar-refractivity contribution < 1.29 is 19.0 Å². The first-order valence-electron chi connectivity index (χ1n) is 7.63. The number of halogens is 1. The summed E-state index contributed by atoms with van der Waals surface area (Å²) in [5.41, 5.74) is 5.25. The van der Waals surface area contributed by atoms with E-state index in [2.05, 4.69) is 10.5 Å². The molecule has 130 valence electrons. The molecular formula is C18H17ClN2O4. The molecule has 0 unspecified atom stereocenters. The number of rotatable bonds is 5. The van der Waals surface area contributed by atoms with Crippen molar-refractivity contribution in [2.24, 2.45) is 5.10 Å². The maximum absolute atomic E-state index is 11.8. The molecular weight excluding hydrogens is 344 g/mol. The highest BCUT2D eigenvalue weighted by Gasteiger charge is 2.17. The number of nitrogens with one attached hydrogen (secondary N) is 1. The first kappa shape index (κ1) is 17.1. The predicted molar refractivity (Wildman–Crippen MR) is 94.7 cm³/mol. The van der Waals surface area contributed by atoms with Gasteiger partial charge in [-0.2, -0.15) is 5.10 Å². The van der Waals surface area contributed by atoms with E-state index in [1.54, 1.807) is 12.1 Å². The van der Waals surface area contributed by atoms with Gasteiger partial charge in [0.15, 0.2) is 18.1 Å². The summed E-state index contributed by atoms with van der Waals surface area (Å²) in [5, 5.41) is 4.33. The van der Waals surface area contributed by atoms with Crippen LogP contribution in [-0.4, -0.2) is 25.5 Å². The molecule has 1 aliphatic heterocycles. The smallest absolute Gasteiger partial charge is 0.277 e. The number of carbonyl (C=O) groups is 1. The third-order valence-electron chi connectivity index (χ3n) is 3.42. The van der Waals surface area contributed by atoms with E-state index in [0.29, 0.717) is 27.8 Å². The minimum atomic E-state index is -0.359. The van der Waals surface area contributed by atoms with Gasteiger partial charge in [0.1, 0.15) is 5.75 Å². The molecule has 2 aromatic carbocycles. The van der Waals surface area contributed by atoms with Crippen LogP contribution < -0.4 is 19.6 Å². The standard InChI is InChI=1S/C18H17ClN2O4/c1-11-3-12(2)5-14(4-11)23-9-17(22)21-20-8-13-6-15(19)18-16(7-13)24-10-25-18/h3-8H,9-10H2,1-2H3,(H,21,22)/b20-8-. The van der Waals surface area contributed by atoms with Gasteiger partial charge >= 0.3 is 0 Å². The maximum atomic E-state index is 11.8. The van der Waals surface area contributed by atoms with Gasteiger partial charge in [-0.15, -0.1) is 0 Å². The van der Waals surface area contributed by atoms with Crippen LogP contribution in [-0.2, 0) is 4.79 Å². The van der Waals surface area contributed by atoms with E-state index in [-0.39, 0.29) is 19.3 Å². The zero-order valence-corrected chi connectivity index (χ0v) is 14.6. The molecule has 0 aliphatic carbocycles. The zero-order valence-electron chi connectivity index (χ0n) is 13.8. The van der Waals surface area contributed by atoms with E-state index < -0.39 is 0 Å². The normalized spacial score (nSPS) is 12.4. The van der Waals surface area contributed by atoms with Crippen LogP contribution >= 0.6 is 11.6 Å². The van der Waals surface area contributed by atoms with Crippen molar-refractivity contribution in [2.75, 3.05) is 13.4 Å². The van der Waals surface area contributed by atoms with E-state index in [0.717, 1.165) is 11.1 Å². The highest BCUT2D eigenvalue weighted by molar-refractivity contribution is 6.32. The Morgan fingerprint density at radius 2 is 2.00 bits per heavy atom. The molecule has 0 atom stereocenters. The monoisotopic (exact) mass is 360 g/mol. The van der Waals surface area contributed by atoms with Crippen molar-refractivity contribution >= 4 is 23.7 Å². The summed E-state index contributed by atoms with van der Waals surface area (Å²) in [4.78, 5) is 11.8. The summed E-state index contributed by atoms with van der Waals surface area (Å²) < 4.78 is 16.0. The second-order valence-corrected chi connectivity index (χ2v) is 6.05. The van der Waals surface area contributed by atoms with Gasteiger partial charge in [-0.3, -0.25) is 4.79 Å². The summed E-state index contributed by atoms with van der Waals surface area (Å²) in [7, 11) is 0. The topological polar surface area (TPSA) is 69.2 Å². The van der Waals surface area contributed by atoms with Gasteiger partial charge in [0.05, 0.1) is 11.2 Å². The van der Waals surface area contributed by atoms with Gasteiger partial charge in [0.2, 0.25) is 6.79 Å². The van der Waals surface area contributed by atoms with Crippen LogP contribution in [0.5, 0.6) is 17.2 Å². The molecule has 0 radical (unpaired) electrons. The van der Waals surface area contributed by atoms with E-state index in [4.69, 9.17) is 25.8 Å². The van der Waals surface area contributed by atoms with Crippen LogP contribution in [0.1, 0.15) is 16.7 Å². The van der Waals surface area contributed by atoms with Gasteiger partial charge in [0.25, 0.3) is 5.91 Å². The van der Waals surface area contributed by atoms with E-state index >= 15 is 0 Å². The lowest BCUT2D eigenvalue weighted by atomic mass is 10.1. The Morgan fingerprint density at radius 3 is 2.76 bits per heavy atom. The third-order valence-corrected chi connectivity index (χ3v) is 3.70. The average Bonchev–Trinajstić information content (AvgIpc) is 3.01. The second kappa shape index (κ2) is 7.44. The van der Waals surface area contributed by atoms with E-state index in [9.17, 15) is 4.79 Å². The highest BCUT2D eigenvalue weighted by atomic mass is 35.5. The fourth-order valence-corrected chi connectivity index (χ4v) is 2.71. The first-order valence-corrected chi connectivity index (χ1v) is 8.01. The Morgan fingerprint density at radius 1 is 1.24 bits per heavy atom. The number of hydrazone groups is 1. The van der Waals surface area contributed by atoms with Gasteiger partial charge in [0, 0.05) is 0 Å². The Balaban J connectivity index is 1.53. The van der Waals surface area contributed by atoms with Crippen LogP contribution in [0.15, 0.2) is 35.4 Å². The minimum Gasteiger partial charge on any atom is -0.484 e. The zero-order chi connectivity index (χ0) is 17.8. The Hall–Kier alpha value is -2.73. The lowest BCUT2D eigenvalue weighted by molar-refractivity contribution is -0.123. The van der Waals surface area contributed by atoms with Gasteiger partial charge < -0.3 is 14.2 Å². The summed E-state index contributed by atoms with van der Waals surface area (Å²) >= 11 is 6.09. The third kappa shape index (κ3) is 4.42. The van der Waals surface area contributed by atoms with E-state index in [1.165, 1.54) is 6.21 Å². The number of carbonyl (C=O) groups excluding carboxylic acids is 1. The van der Waals surface area contributed by atoms with Crippen molar-refractivity contribution in [3.05, 3.63) is 52.0 Å². The molecule has 1 heterocycles. The average molecular weight is 361 g/mol. The highest BCUT2D eigenvalue weighted by Crippen LogP contribution is 2.39. The number of amides is 1. The Labute approximate surface area is 150 Å². The largest absolute Gasteiger partial charge is 0.484 e. The van der Waals surface area contributed by atoms with Crippen LogP contribution in [0, 0.1) is 13.8 Å². The van der Waals surface area contributed by atoms with Crippen molar-refractivity contribution in [2.45, 2.75) is 13.8 Å². The van der Waals surface area contributed by atoms with Crippen molar-refractivity contribution in [3.8, 4) is 17.2 Å². The molecule has 0 aromatic heterocycles. The molecule has 7 heteroatoms. The fourth-order valence-electron chi connectivity index (χ4n) is 2.44. The molecule has 25 heavy (non-hydrogen) atoms.